The molecule has 0 aliphatic carbocycles. The molecule has 1 saturated heterocycles. The molecule has 0 saturated carbocycles. The topological polar surface area (TPSA) is 70.1 Å². The number of carbonyl (C=O) groups is 2. The first-order chi connectivity index (χ1) is 10.0. The maximum atomic E-state index is 12.6. The van der Waals surface area contributed by atoms with Crippen LogP contribution in [0.3, 0.4) is 0 Å². The Kier molecular flexibility index (Phi) is 4.67. The molecular weight excluding hydrogens is 272 g/mol. The molecule has 1 aliphatic rings. The third kappa shape index (κ3) is 3.45. The largest absolute Gasteiger partial charge is 0.497 e. The Balaban J connectivity index is 2.12. The fraction of sp³-hybridized carbons (Fsp3) is 0.467. The molecule has 1 heterocycles. The molecule has 1 N–H and O–H groups in total. The van der Waals surface area contributed by atoms with Crippen LogP contribution in [0.4, 0.5) is 10.5 Å². The van der Waals surface area contributed by atoms with E-state index in [2.05, 4.69) is 0 Å². The average molecular weight is 292 g/mol. The summed E-state index contributed by atoms with van der Waals surface area (Å²) in [5.74, 6) is -0.195. The summed E-state index contributed by atoms with van der Waals surface area (Å²) in [5, 5.41) is 8.93. The fourth-order valence-electron chi connectivity index (χ4n) is 2.62. The molecule has 2 rings (SSSR count). The number of aliphatic carboxylic acids is 1. The lowest BCUT2D eigenvalue weighted by molar-refractivity contribution is -0.137. The highest BCUT2D eigenvalue weighted by molar-refractivity contribution is 5.92. The molecule has 1 aliphatic heterocycles. The van der Waals surface area contributed by atoms with Crippen LogP contribution in [-0.2, 0) is 4.79 Å². The predicted molar refractivity (Wildman–Crippen MR) is 78.8 cm³/mol. The number of urea groups is 1. The van der Waals surface area contributed by atoms with E-state index in [-0.39, 0.29) is 18.5 Å². The number of ether oxygens (including phenoxy) is 1. The minimum Gasteiger partial charge on any atom is -0.497 e. The molecule has 1 unspecified atom stereocenters. The number of amides is 2. The van der Waals surface area contributed by atoms with Crippen LogP contribution in [0.5, 0.6) is 5.75 Å². The van der Waals surface area contributed by atoms with E-state index in [0.717, 1.165) is 18.5 Å². The molecule has 0 aromatic heterocycles. The van der Waals surface area contributed by atoms with Crippen molar-refractivity contribution in [1.82, 2.24) is 4.90 Å². The van der Waals surface area contributed by atoms with Crippen LogP contribution in [0.25, 0.3) is 0 Å². The van der Waals surface area contributed by atoms with Gasteiger partial charge in [0.15, 0.2) is 0 Å². The Morgan fingerprint density at radius 1 is 1.48 bits per heavy atom. The fourth-order valence-corrected chi connectivity index (χ4v) is 2.62. The first kappa shape index (κ1) is 15.2. The summed E-state index contributed by atoms with van der Waals surface area (Å²) >= 11 is 0. The normalized spacial score (nSPS) is 17.6. The number of likely N-dealkylation sites (tertiary alicyclic amines) is 1. The van der Waals surface area contributed by atoms with Gasteiger partial charge in [-0.25, -0.2) is 4.79 Å². The number of carboxylic acids is 1. The predicted octanol–water partition coefficient (Wildman–Crippen LogP) is 2.19. The highest BCUT2D eigenvalue weighted by atomic mass is 16.5. The minimum atomic E-state index is -0.872. The van der Waals surface area contributed by atoms with E-state index in [4.69, 9.17) is 9.84 Å². The van der Waals surface area contributed by atoms with Crippen LogP contribution >= 0.6 is 0 Å². The maximum absolute atomic E-state index is 12.6. The van der Waals surface area contributed by atoms with E-state index in [1.54, 1.807) is 25.1 Å². The summed E-state index contributed by atoms with van der Waals surface area (Å²) in [6.45, 7) is 0.602. The number of nitrogens with zero attached hydrogens (tertiary/aromatic N) is 2. The van der Waals surface area contributed by atoms with Gasteiger partial charge in [0.05, 0.1) is 13.5 Å². The zero-order valence-electron chi connectivity index (χ0n) is 12.3. The number of hydrogen-bond donors (Lipinski definition) is 1. The molecule has 21 heavy (non-hydrogen) atoms. The van der Waals surface area contributed by atoms with Gasteiger partial charge in [-0.3, -0.25) is 9.69 Å². The SMILES string of the molecule is COc1cccc(N(C)C(=O)N2CCCC2CC(=O)O)c1. The van der Waals surface area contributed by atoms with E-state index < -0.39 is 5.97 Å². The zero-order valence-corrected chi connectivity index (χ0v) is 12.3. The molecule has 1 aromatic carbocycles. The Morgan fingerprint density at radius 2 is 2.24 bits per heavy atom. The van der Waals surface area contributed by atoms with Crippen LogP contribution < -0.4 is 9.64 Å². The van der Waals surface area contributed by atoms with Crippen molar-refractivity contribution in [1.29, 1.82) is 0 Å². The molecule has 0 spiro atoms. The van der Waals surface area contributed by atoms with Crippen LogP contribution in [0.15, 0.2) is 24.3 Å². The van der Waals surface area contributed by atoms with E-state index in [9.17, 15) is 9.59 Å². The first-order valence-electron chi connectivity index (χ1n) is 6.93. The van der Waals surface area contributed by atoms with Crippen molar-refractivity contribution in [3.05, 3.63) is 24.3 Å². The summed E-state index contributed by atoms with van der Waals surface area (Å²) in [6.07, 6.45) is 1.58. The highest BCUT2D eigenvalue weighted by Gasteiger charge is 2.32. The Hall–Kier alpha value is -2.24. The molecule has 1 aromatic rings. The average Bonchev–Trinajstić information content (AvgIpc) is 2.93. The van der Waals surface area contributed by atoms with Crippen molar-refractivity contribution in [2.24, 2.45) is 0 Å². The smallest absolute Gasteiger partial charge is 0.324 e. The first-order valence-corrected chi connectivity index (χ1v) is 6.93. The Morgan fingerprint density at radius 3 is 2.90 bits per heavy atom. The second kappa shape index (κ2) is 6.47. The number of anilines is 1. The lowest BCUT2D eigenvalue weighted by Crippen LogP contribution is -2.44. The van der Waals surface area contributed by atoms with Crippen LogP contribution in [0.1, 0.15) is 19.3 Å². The Labute approximate surface area is 123 Å². The second-order valence-corrected chi connectivity index (χ2v) is 5.13. The van der Waals surface area contributed by atoms with Gasteiger partial charge in [-0.05, 0) is 25.0 Å². The van der Waals surface area contributed by atoms with Crippen LogP contribution in [0.2, 0.25) is 0 Å². The summed E-state index contributed by atoms with van der Waals surface area (Å²) in [6, 6.07) is 6.83. The van der Waals surface area contributed by atoms with E-state index in [1.165, 1.54) is 4.90 Å². The molecule has 1 fully saturated rings. The maximum Gasteiger partial charge on any atom is 0.324 e. The molecule has 114 valence electrons. The van der Waals surface area contributed by atoms with Gasteiger partial charge in [0.1, 0.15) is 5.75 Å². The molecule has 0 radical (unpaired) electrons. The monoisotopic (exact) mass is 292 g/mol. The molecule has 6 nitrogen and oxygen atoms in total. The number of carboxylic acid groups (broad SMARTS) is 1. The highest BCUT2D eigenvalue weighted by Crippen LogP contribution is 2.25. The summed E-state index contributed by atoms with van der Waals surface area (Å²) < 4.78 is 5.15. The van der Waals surface area contributed by atoms with Gasteiger partial charge in [0.25, 0.3) is 0 Å². The number of carbonyl (C=O) groups excluding carboxylic acids is 1. The van der Waals surface area contributed by atoms with Gasteiger partial charge >= 0.3 is 12.0 Å². The van der Waals surface area contributed by atoms with Gasteiger partial charge in [-0.1, -0.05) is 6.07 Å². The lowest BCUT2D eigenvalue weighted by atomic mass is 10.1. The van der Waals surface area contributed by atoms with Crippen molar-refractivity contribution in [2.45, 2.75) is 25.3 Å². The van der Waals surface area contributed by atoms with E-state index in [0.29, 0.717) is 12.3 Å². The number of benzene rings is 1. The molecule has 0 bridgehead atoms. The van der Waals surface area contributed by atoms with Gasteiger partial charge < -0.3 is 14.7 Å². The standard InChI is InChI=1S/C15H20N2O4/c1-16(11-5-3-7-13(9-11)21-2)15(20)17-8-4-6-12(17)10-14(18)19/h3,5,7,9,12H,4,6,8,10H2,1-2H3,(H,18,19). The summed E-state index contributed by atoms with van der Waals surface area (Å²) in [7, 11) is 3.26. The van der Waals surface area contributed by atoms with E-state index in [1.807, 2.05) is 18.2 Å². The third-order valence-electron chi connectivity index (χ3n) is 3.76. The summed E-state index contributed by atoms with van der Waals surface area (Å²) in [5.41, 5.74) is 0.723. The molecule has 6 heteroatoms. The molecule has 2 amide bonds. The molecular formula is C15H20N2O4. The van der Waals surface area contributed by atoms with Crippen LogP contribution in [-0.4, -0.2) is 48.8 Å². The van der Waals surface area contributed by atoms with Crippen molar-refractivity contribution in [3.8, 4) is 5.75 Å². The van der Waals surface area contributed by atoms with Crippen molar-refractivity contribution in [2.75, 3.05) is 25.6 Å². The van der Waals surface area contributed by atoms with Gasteiger partial charge in [-0.15, -0.1) is 0 Å². The van der Waals surface area contributed by atoms with Gasteiger partial charge in [0.2, 0.25) is 0 Å². The number of hydrogen-bond acceptors (Lipinski definition) is 3. The van der Waals surface area contributed by atoms with Crippen molar-refractivity contribution < 1.29 is 19.4 Å². The third-order valence-corrected chi connectivity index (χ3v) is 3.76. The van der Waals surface area contributed by atoms with Gasteiger partial charge in [-0.2, -0.15) is 0 Å². The van der Waals surface area contributed by atoms with Gasteiger partial charge in [0, 0.05) is 31.4 Å². The minimum absolute atomic E-state index is 0.00229. The number of rotatable bonds is 4. The Bertz CT molecular complexity index is 532. The van der Waals surface area contributed by atoms with Crippen LogP contribution in [0, 0.1) is 0 Å². The lowest BCUT2D eigenvalue weighted by Gasteiger charge is -2.29. The quantitative estimate of drug-likeness (QED) is 0.923. The van der Waals surface area contributed by atoms with Crippen molar-refractivity contribution >= 4 is 17.7 Å². The summed E-state index contributed by atoms with van der Waals surface area (Å²) in [4.78, 5) is 26.6. The molecule has 1 atom stereocenters. The van der Waals surface area contributed by atoms with E-state index >= 15 is 0 Å². The number of methoxy groups -OCH3 is 1. The second-order valence-electron chi connectivity index (χ2n) is 5.13. The zero-order chi connectivity index (χ0) is 15.4. The van der Waals surface area contributed by atoms with Crippen molar-refractivity contribution in [3.63, 3.8) is 0 Å².